The molecule has 2 aromatic rings. The molecule has 1 fully saturated rings. The molecule has 10 heteroatoms. The first-order chi connectivity index (χ1) is 11.5. The number of benzene rings is 1. The van der Waals surface area contributed by atoms with E-state index in [4.69, 9.17) is 9.57 Å². The van der Waals surface area contributed by atoms with E-state index in [0.717, 1.165) is 5.56 Å². The molecule has 1 aliphatic heterocycles. The highest BCUT2D eigenvalue weighted by Gasteiger charge is 2.32. The third-order valence-electron chi connectivity index (χ3n) is 3.18. The molecule has 0 bridgehead atoms. The molecule has 3 rings (SSSR count). The largest absolute Gasteiger partial charge is 0.482 e. The van der Waals surface area contributed by atoms with E-state index in [9.17, 15) is 14.4 Å². The molecule has 0 aliphatic carbocycles. The number of tetrazole rings is 1. The number of hydroxylamine groups is 2. The number of hydrogen-bond acceptors (Lipinski definition) is 8. The van der Waals surface area contributed by atoms with E-state index in [0.29, 0.717) is 16.6 Å². The second-order valence-electron chi connectivity index (χ2n) is 4.96. The summed E-state index contributed by atoms with van der Waals surface area (Å²) in [4.78, 5) is 40.3. The van der Waals surface area contributed by atoms with Crippen LogP contribution in [0.3, 0.4) is 0 Å². The van der Waals surface area contributed by atoms with Gasteiger partial charge in [0.05, 0.1) is 7.05 Å². The number of imide groups is 1. The Morgan fingerprint density at radius 3 is 2.42 bits per heavy atom. The van der Waals surface area contributed by atoms with E-state index in [1.807, 2.05) is 0 Å². The molecule has 0 spiro atoms. The number of rotatable bonds is 5. The molecular formula is C14H13N5O5. The van der Waals surface area contributed by atoms with Crippen LogP contribution in [0.4, 0.5) is 0 Å². The van der Waals surface area contributed by atoms with Crippen LogP contribution in [-0.4, -0.2) is 49.7 Å². The Balaban J connectivity index is 1.54. The van der Waals surface area contributed by atoms with Crippen molar-refractivity contribution in [1.29, 1.82) is 0 Å². The van der Waals surface area contributed by atoms with Crippen LogP contribution in [0.2, 0.25) is 0 Å². The number of aryl methyl sites for hydroxylation is 1. The highest BCUT2D eigenvalue weighted by atomic mass is 16.7. The Labute approximate surface area is 135 Å². The fourth-order valence-electron chi connectivity index (χ4n) is 2.03. The third kappa shape index (κ3) is 3.37. The Bertz CT molecular complexity index is 769. The number of carbonyl (C=O) groups is 3. The number of aromatic nitrogens is 4. The minimum absolute atomic E-state index is 0.0465. The van der Waals surface area contributed by atoms with Gasteiger partial charge < -0.3 is 9.57 Å². The first-order valence-electron chi connectivity index (χ1n) is 7.07. The van der Waals surface area contributed by atoms with Crippen molar-refractivity contribution < 1.29 is 24.0 Å². The summed E-state index contributed by atoms with van der Waals surface area (Å²) in [7, 11) is 1.66. The van der Waals surface area contributed by atoms with Gasteiger partial charge in [0.15, 0.2) is 6.61 Å². The SMILES string of the molecule is Cn1nnc(-c2ccc(OCC(=O)ON3C(=O)CCC3=O)cc2)n1. The van der Waals surface area contributed by atoms with Crippen LogP contribution in [0.25, 0.3) is 11.4 Å². The summed E-state index contributed by atoms with van der Waals surface area (Å²) in [6.07, 6.45) is 0.0929. The first kappa shape index (κ1) is 15.6. The maximum Gasteiger partial charge on any atom is 0.370 e. The van der Waals surface area contributed by atoms with E-state index in [1.54, 1.807) is 31.3 Å². The maximum atomic E-state index is 11.6. The Morgan fingerprint density at radius 2 is 1.83 bits per heavy atom. The normalized spacial score (nSPS) is 14.1. The molecule has 0 saturated carbocycles. The first-order valence-corrected chi connectivity index (χ1v) is 7.07. The fraction of sp³-hybridized carbons (Fsp3) is 0.286. The van der Waals surface area contributed by atoms with Crippen molar-refractivity contribution in [2.24, 2.45) is 7.05 Å². The highest BCUT2D eigenvalue weighted by Crippen LogP contribution is 2.19. The standard InChI is InChI=1S/C14H13N5O5/c1-18-16-14(15-17-18)9-2-4-10(5-3-9)23-8-13(22)24-19-11(20)6-7-12(19)21/h2-5H,6-8H2,1H3. The lowest BCUT2D eigenvalue weighted by atomic mass is 10.2. The zero-order chi connectivity index (χ0) is 17.1. The molecular weight excluding hydrogens is 318 g/mol. The van der Waals surface area contributed by atoms with Crippen molar-refractivity contribution >= 4 is 17.8 Å². The Morgan fingerprint density at radius 1 is 1.17 bits per heavy atom. The molecule has 1 aliphatic rings. The van der Waals surface area contributed by atoms with Crippen LogP contribution >= 0.6 is 0 Å². The van der Waals surface area contributed by atoms with Crippen LogP contribution in [-0.2, 0) is 26.3 Å². The van der Waals surface area contributed by atoms with E-state index in [-0.39, 0.29) is 12.8 Å². The molecule has 0 atom stereocenters. The summed E-state index contributed by atoms with van der Waals surface area (Å²) in [6.45, 7) is -0.431. The number of hydrogen-bond donors (Lipinski definition) is 0. The highest BCUT2D eigenvalue weighted by molar-refractivity contribution is 6.01. The van der Waals surface area contributed by atoms with Gasteiger partial charge in [-0.1, -0.05) is 0 Å². The minimum Gasteiger partial charge on any atom is -0.482 e. The average molecular weight is 331 g/mol. The average Bonchev–Trinajstić information content (AvgIpc) is 3.14. The zero-order valence-corrected chi connectivity index (χ0v) is 12.7. The second-order valence-corrected chi connectivity index (χ2v) is 4.96. The molecule has 1 aromatic carbocycles. The quantitative estimate of drug-likeness (QED) is 0.695. The predicted molar refractivity (Wildman–Crippen MR) is 76.9 cm³/mol. The number of carbonyl (C=O) groups excluding carboxylic acids is 3. The minimum atomic E-state index is -0.835. The Hall–Kier alpha value is -3.30. The molecule has 0 unspecified atom stereocenters. The van der Waals surface area contributed by atoms with Gasteiger partial charge in [0.25, 0.3) is 11.8 Å². The van der Waals surface area contributed by atoms with E-state index in [2.05, 4.69) is 15.4 Å². The third-order valence-corrected chi connectivity index (χ3v) is 3.18. The molecule has 2 amide bonds. The summed E-state index contributed by atoms with van der Waals surface area (Å²) in [5, 5.41) is 12.2. The van der Waals surface area contributed by atoms with Gasteiger partial charge in [-0.05, 0) is 29.5 Å². The summed E-state index contributed by atoms with van der Waals surface area (Å²) in [6, 6.07) is 6.69. The van der Waals surface area contributed by atoms with E-state index < -0.39 is 24.4 Å². The summed E-state index contributed by atoms with van der Waals surface area (Å²) < 4.78 is 5.26. The van der Waals surface area contributed by atoms with Gasteiger partial charge in [0.1, 0.15) is 5.75 Å². The molecule has 0 radical (unpaired) electrons. The topological polar surface area (TPSA) is 117 Å². The molecule has 1 saturated heterocycles. The van der Waals surface area contributed by atoms with Gasteiger partial charge in [-0.3, -0.25) is 9.59 Å². The lowest BCUT2D eigenvalue weighted by Gasteiger charge is -2.12. The van der Waals surface area contributed by atoms with Crippen LogP contribution in [0.1, 0.15) is 12.8 Å². The van der Waals surface area contributed by atoms with Crippen LogP contribution in [0.5, 0.6) is 5.75 Å². The van der Waals surface area contributed by atoms with Gasteiger partial charge in [0, 0.05) is 18.4 Å². The molecule has 2 heterocycles. The van der Waals surface area contributed by atoms with Gasteiger partial charge >= 0.3 is 5.97 Å². The predicted octanol–water partition coefficient (Wildman–Crippen LogP) is -0.137. The number of ether oxygens (including phenoxy) is 1. The van der Waals surface area contributed by atoms with Crippen molar-refractivity contribution in [3.8, 4) is 17.1 Å². The van der Waals surface area contributed by atoms with Crippen LogP contribution < -0.4 is 4.74 Å². The molecule has 24 heavy (non-hydrogen) atoms. The van der Waals surface area contributed by atoms with Crippen molar-refractivity contribution in [2.45, 2.75) is 12.8 Å². The van der Waals surface area contributed by atoms with Gasteiger partial charge in [-0.25, -0.2) is 4.79 Å². The molecule has 0 N–H and O–H groups in total. The lowest BCUT2D eigenvalue weighted by molar-refractivity contribution is -0.198. The fourth-order valence-corrected chi connectivity index (χ4v) is 2.03. The Kier molecular flexibility index (Phi) is 4.18. The van der Waals surface area contributed by atoms with Crippen LogP contribution in [0, 0.1) is 0 Å². The van der Waals surface area contributed by atoms with Gasteiger partial charge in [0.2, 0.25) is 5.82 Å². The smallest absolute Gasteiger partial charge is 0.370 e. The molecule has 10 nitrogen and oxygen atoms in total. The van der Waals surface area contributed by atoms with Gasteiger partial charge in [-0.15, -0.1) is 15.3 Å². The van der Waals surface area contributed by atoms with Gasteiger partial charge in [-0.2, -0.15) is 4.80 Å². The second kappa shape index (κ2) is 6.44. The summed E-state index contributed by atoms with van der Waals surface area (Å²) >= 11 is 0. The van der Waals surface area contributed by atoms with E-state index in [1.165, 1.54) is 4.80 Å². The van der Waals surface area contributed by atoms with Crippen molar-refractivity contribution in [2.75, 3.05) is 6.61 Å². The zero-order valence-electron chi connectivity index (χ0n) is 12.7. The van der Waals surface area contributed by atoms with Crippen LogP contribution in [0.15, 0.2) is 24.3 Å². The van der Waals surface area contributed by atoms with Crippen molar-refractivity contribution in [1.82, 2.24) is 25.3 Å². The van der Waals surface area contributed by atoms with Crippen molar-refractivity contribution in [3.63, 3.8) is 0 Å². The summed E-state index contributed by atoms with van der Waals surface area (Å²) in [5.41, 5.74) is 0.742. The molecule has 1 aromatic heterocycles. The summed E-state index contributed by atoms with van der Waals surface area (Å²) in [5.74, 6) is -1.02. The lowest BCUT2D eigenvalue weighted by Crippen LogP contribution is -2.33. The maximum absolute atomic E-state index is 11.6. The van der Waals surface area contributed by atoms with E-state index >= 15 is 0 Å². The number of amides is 2. The number of nitrogens with zero attached hydrogens (tertiary/aromatic N) is 5. The monoisotopic (exact) mass is 331 g/mol. The molecule has 124 valence electrons. The van der Waals surface area contributed by atoms with Crippen molar-refractivity contribution in [3.05, 3.63) is 24.3 Å².